The van der Waals surface area contributed by atoms with Gasteiger partial charge in [0.05, 0.1) is 12.6 Å². The van der Waals surface area contributed by atoms with E-state index in [9.17, 15) is 14.7 Å². The molecule has 0 spiro atoms. The zero-order chi connectivity index (χ0) is 14.4. The maximum atomic E-state index is 11.6. The van der Waals surface area contributed by atoms with Gasteiger partial charge in [0.2, 0.25) is 0 Å². The summed E-state index contributed by atoms with van der Waals surface area (Å²) in [5.41, 5.74) is 0.0725. The number of carbonyl (C=O) groups excluding carboxylic acids is 1. The van der Waals surface area contributed by atoms with Gasteiger partial charge in [-0.3, -0.25) is 0 Å². The summed E-state index contributed by atoms with van der Waals surface area (Å²) < 4.78 is 4.87. The van der Waals surface area contributed by atoms with Gasteiger partial charge in [0, 0.05) is 18.9 Å². The molecule has 0 heterocycles. The summed E-state index contributed by atoms with van der Waals surface area (Å²) in [6, 6.07) is 3.14. The average Bonchev–Trinajstić information content (AvgIpc) is 2.28. The van der Waals surface area contributed by atoms with Gasteiger partial charge in [-0.2, -0.15) is 0 Å². The number of carbonyl (C=O) groups is 2. The van der Waals surface area contributed by atoms with Crippen molar-refractivity contribution in [2.75, 3.05) is 19.0 Å². The van der Waals surface area contributed by atoms with E-state index in [1.807, 2.05) is 0 Å². The van der Waals surface area contributed by atoms with Crippen LogP contribution in [0.15, 0.2) is 18.2 Å². The van der Waals surface area contributed by atoms with E-state index in [4.69, 9.17) is 9.84 Å². The number of hydrogen-bond acceptors (Lipinski definition) is 4. The zero-order valence-corrected chi connectivity index (χ0v) is 10.6. The van der Waals surface area contributed by atoms with E-state index in [1.165, 1.54) is 25.3 Å². The number of urea groups is 1. The highest BCUT2D eigenvalue weighted by Crippen LogP contribution is 2.21. The molecule has 1 rings (SSSR count). The first-order valence-corrected chi connectivity index (χ1v) is 5.56. The maximum Gasteiger partial charge on any atom is 0.339 e. The molecule has 7 heteroatoms. The number of phenols is 1. The highest BCUT2D eigenvalue weighted by atomic mass is 16.5. The second-order valence-corrected chi connectivity index (χ2v) is 3.99. The fraction of sp³-hybridized carbons (Fsp3) is 0.333. The summed E-state index contributed by atoms with van der Waals surface area (Å²) in [6.45, 7) is 2.14. The van der Waals surface area contributed by atoms with Gasteiger partial charge in [-0.05, 0) is 19.1 Å². The molecule has 0 aliphatic carbocycles. The van der Waals surface area contributed by atoms with E-state index in [1.54, 1.807) is 6.92 Å². The van der Waals surface area contributed by atoms with Gasteiger partial charge in [0.15, 0.2) is 0 Å². The lowest BCUT2D eigenvalue weighted by Gasteiger charge is -2.13. The average molecular weight is 268 g/mol. The molecule has 1 aromatic rings. The van der Waals surface area contributed by atoms with Crippen LogP contribution in [0.2, 0.25) is 0 Å². The molecule has 0 aromatic heterocycles. The summed E-state index contributed by atoms with van der Waals surface area (Å²) >= 11 is 0. The molecule has 1 unspecified atom stereocenters. The first kappa shape index (κ1) is 14.8. The van der Waals surface area contributed by atoms with Crippen molar-refractivity contribution in [2.24, 2.45) is 0 Å². The number of carboxylic acids is 1. The Morgan fingerprint density at radius 1 is 1.42 bits per heavy atom. The molecule has 0 saturated carbocycles. The number of benzene rings is 1. The monoisotopic (exact) mass is 268 g/mol. The number of hydrogen-bond donors (Lipinski definition) is 4. The molecule has 1 aromatic carbocycles. The first-order chi connectivity index (χ1) is 8.93. The lowest BCUT2D eigenvalue weighted by atomic mass is 10.2. The van der Waals surface area contributed by atoms with Gasteiger partial charge in [0.1, 0.15) is 11.3 Å². The Labute approximate surface area is 110 Å². The van der Waals surface area contributed by atoms with Gasteiger partial charge >= 0.3 is 12.0 Å². The third-order valence-corrected chi connectivity index (χ3v) is 2.28. The van der Waals surface area contributed by atoms with Crippen molar-refractivity contribution in [3.05, 3.63) is 23.8 Å². The van der Waals surface area contributed by atoms with Gasteiger partial charge < -0.3 is 25.6 Å². The Balaban J connectivity index is 2.65. The van der Waals surface area contributed by atoms with Gasteiger partial charge in [-0.1, -0.05) is 0 Å². The number of methoxy groups -OCH3 is 1. The fourth-order valence-corrected chi connectivity index (χ4v) is 1.47. The highest BCUT2D eigenvalue weighted by molar-refractivity contribution is 5.94. The van der Waals surface area contributed by atoms with Crippen LogP contribution < -0.4 is 10.6 Å². The number of anilines is 1. The number of ether oxygens (including phenoxy) is 1. The largest absolute Gasteiger partial charge is 0.507 e. The quantitative estimate of drug-likeness (QED) is 0.642. The molecular formula is C12H16N2O5. The molecule has 19 heavy (non-hydrogen) atoms. The Morgan fingerprint density at radius 3 is 2.63 bits per heavy atom. The molecule has 0 fully saturated rings. The van der Waals surface area contributed by atoms with Crippen molar-refractivity contribution in [1.82, 2.24) is 5.32 Å². The Bertz CT molecular complexity index is 475. The summed E-state index contributed by atoms with van der Waals surface area (Å²) in [7, 11) is 1.53. The van der Waals surface area contributed by atoms with E-state index in [2.05, 4.69) is 10.6 Å². The summed E-state index contributed by atoms with van der Waals surface area (Å²) in [4.78, 5) is 22.3. The topological polar surface area (TPSA) is 108 Å². The maximum absolute atomic E-state index is 11.6. The lowest BCUT2D eigenvalue weighted by molar-refractivity contribution is 0.0694. The second kappa shape index (κ2) is 6.60. The lowest BCUT2D eigenvalue weighted by Crippen LogP contribution is -2.38. The molecule has 2 amide bonds. The van der Waals surface area contributed by atoms with Crippen molar-refractivity contribution in [1.29, 1.82) is 0 Å². The minimum atomic E-state index is -1.23. The highest BCUT2D eigenvalue weighted by Gasteiger charge is 2.11. The fourth-order valence-electron chi connectivity index (χ4n) is 1.47. The van der Waals surface area contributed by atoms with E-state index in [-0.39, 0.29) is 11.6 Å². The predicted octanol–water partition coefficient (Wildman–Crippen LogP) is 1.25. The SMILES string of the molecule is COCC(C)NC(=O)Nc1ccc(C(=O)O)c(O)c1. The number of carboxylic acid groups (broad SMARTS) is 1. The zero-order valence-electron chi connectivity index (χ0n) is 10.6. The summed E-state index contributed by atoms with van der Waals surface area (Å²) in [5.74, 6) is -1.64. The minimum absolute atomic E-state index is 0.170. The van der Waals surface area contributed by atoms with Crippen LogP contribution in [0.25, 0.3) is 0 Å². The molecular weight excluding hydrogens is 252 g/mol. The van der Waals surface area contributed by atoms with Crippen LogP contribution in [0.4, 0.5) is 10.5 Å². The Hall–Kier alpha value is -2.28. The molecule has 0 aliphatic rings. The molecule has 1 atom stereocenters. The van der Waals surface area contributed by atoms with E-state index in [0.717, 1.165) is 0 Å². The van der Waals surface area contributed by atoms with Crippen LogP contribution in [-0.4, -0.2) is 42.0 Å². The van der Waals surface area contributed by atoms with E-state index >= 15 is 0 Å². The normalized spacial score (nSPS) is 11.7. The molecule has 7 nitrogen and oxygen atoms in total. The van der Waals surface area contributed by atoms with Gasteiger partial charge in [-0.15, -0.1) is 0 Å². The summed E-state index contributed by atoms with van der Waals surface area (Å²) in [6.07, 6.45) is 0. The van der Waals surface area contributed by atoms with Crippen molar-refractivity contribution in [3.63, 3.8) is 0 Å². The third kappa shape index (κ3) is 4.47. The molecule has 0 radical (unpaired) electrons. The van der Waals surface area contributed by atoms with Gasteiger partial charge in [-0.25, -0.2) is 9.59 Å². The third-order valence-electron chi connectivity index (χ3n) is 2.28. The van der Waals surface area contributed by atoms with Crippen LogP contribution in [0.3, 0.4) is 0 Å². The molecule has 104 valence electrons. The van der Waals surface area contributed by atoms with Crippen LogP contribution in [0.1, 0.15) is 17.3 Å². The van der Waals surface area contributed by atoms with Crippen molar-refractivity contribution < 1.29 is 24.5 Å². The predicted molar refractivity (Wildman–Crippen MR) is 68.6 cm³/mol. The number of aromatic hydroxyl groups is 1. The van der Waals surface area contributed by atoms with Crippen LogP contribution in [0.5, 0.6) is 5.75 Å². The number of rotatable bonds is 5. The number of nitrogens with one attached hydrogen (secondary N) is 2. The number of amides is 2. The summed E-state index contributed by atoms with van der Waals surface area (Å²) in [5, 5.41) is 23.3. The molecule has 0 bridgehead atoms. The van der Waals surface area contributed by atoms with Crippen LogP contribution >= 0.6 is 0 Å². The van der Waals surface area contributed by atoms with Crippen LogP contribution in [-0.2, 0) is 4.74 Å². The first-order valence-electron chi connectivity index (χ1n) is 5.56. The second-order valence-electron chi connectivity index (χ2n) is 3.99. The van der Waals surface area contributed by atoms with Crippen molar-refractivity contribution >= 4 is 17.7 Å². The van der Waals surface area contributed by atoms with E-state index in [0.29, 0.717) is 12.3 Å². The van der Waals surface area contributed by atoms with Crippen molar-refractivity contribution in [2.45, 2.75) is 13.0 Å². The van der Waals surface area contributed by atoms with Crippen molar-refractivity contribution in [3.8, 4) is 5.75 Å². The standard InChI is InChI=1S/C12H16N2O5/c1-7(6-19-2)13-12(18)14-8-3-4-9(11(16)17)10(15)5-8/h3-5,7,15H,6H2,1-2H3,(H,16,17)(H2,13,14,18). The number of aromatic carboxylic acids is 1. The molecule has 0 saturated heterocycles. The molecule has 0 aliphatic heterocycles. The Kier molecular flexibility index (Phi) is 5.13. The molecule has 4 N–H and O–H groups in total. The van der Waals surface area contributed by atoms with Crippen LogP contribution in [0, 0.1) is 0 Å². The van der Waals surface area contributed by atoms with Gasteiger partial charge in [0.25, 0.3) is 0 Å². The minimum Gasteiger partial charge on any atom is -0.507 e. The smallest absolute Gasteiger partial charge is 0.339 e. The van der Waals surface area contributed by atoms with E-state index < -0.39 is 17.7 Å². The Morgan fingerprint density at radius 2 is 2.11 bits per heavy atom.